The predicted molar refractivity (Wildman–Crippen MR) is 107 cm³/mol. The van der Waals surface area contributed by atoms with E-state index >= 15 is 0 Å². The summed E-state index contributed by atoms with van der Waals surface area (Å²) in [7, 11) is 1.44. The lowest BCUT2D eigenvalue weighted by atomic mass is 10.0. The highest BCUT2D eigenvalue weighted by Crippen LogP contribution is 2.31. The number of carbonyl (C=O) groups excluding carboxylic acids is 2. The van der Waals surface area contributed by atoms with Crippen molar-refractivity contribution in [2.75, 3.05) is 7.11 Å². The summed E-state index contributed by atoms with van der Waals surface area (Å²) >= 11 is 0. The van der Waals surface area contributed by atoms with Crippen LogP contribution in [0.15, 0.2) is 36.4 Å². The van der Waals surface area contributed by atoms with Gasteiger partial charge in [-0.05, 0) is 57.5 Å². The zero-order valence-electron chi connectivity index (χ0n) is 17.9. The minimum atomic E-state index is -4.86. The molecule has 168 valence electrons. The van der Waals surface area contributed by atoms with Crippen molar-refractivity contribution in [1.29, 1.82) is 0 Å². The zero-order chi connectivity index (χ0) is 23.6. The van der Waals surface area contributed by atoms with Gasteiger partial charge in [0.05, 0.1) is 12.7 Å². The topological polar surface area (TPSA) is 58.6 Å². The molecule has 0 aromatic heterocycles. The smallest absolute Gasteiger partial charge is 0.416 e. The second-order valence-corrected chi connectivity index (χ2v) is 7.87. The maximum Gasteiger partial charge on any atom is 0.416 e. The Labute approximate surface area is 178 Å². The number of ether oxygens (including phenoxy) is 1. The van der Waals surface area contributed by atoms with Crippen LogP contribution in [0.4, 0.5) is 17.6 Å². The molecule has 2 amide bonds. The third kappa shape index (κ3) is 5.81. The molecule has 9 heteroatoms. The number of methoxy groups -OCH3 is 1. The Kier molecular flexibility index (Phi) is 7.10. The normalized spacial score (nSPS) is 11.9. The molecule has 5 nitrogen and oxygen atoms in total. The average Bonchev–Trinajstić information content (AvgIpc) is 2.68. The minimum Gasteiger partial charge on any atom is -0.496 e. The molecular weight excluding hydrogens is 416 g/mol. The fraction of sp³-hybridized carbons (Fsp3) is 0.364. The van der Waals surface area contributed by atoms with E-state index in [4.69, 9.17) is 4.74 Å². The summed E-state index contributed by atoms with van der Waals surface area (Å²) in [6.07, 6.45) is -4.45. The van der Waals surface area contributed by atoms with E-state index in [9.17, 15) is 27.2 Å². The van der Waals surface area contributed by atoms with E-state index in [1.54, 1.807) is 39.8 Å². The summed E-state index contributed by atoms with van der Waals surface area (Å²) in [5, 5.41) is 0.614. The summed E-state index contributed by atoms with van der Waals surface area (Å²) < 4.78 is 58.4. The van der Waals surface area contributed by atoms with Crippen molar-refractivity contribution in [3.8, 4) is 5.75 Å². The number of halogens is 4. The van der Waals surface area contributed by atoms with E-state index in [-0.39, 0.29) is 11.6 Å². The van der Waals surface area contributed by atoms with E-state index in [0.29, 0.717) is 34.9 Å². The van der Waals surface area contributed by atoms with Crippen LogP contribution < -0.4 is 10.2 Å². The molecule has 31 heavy (non-hydrogen) atoms. The highest BCUT2D eigenvalue weighted by Gasteiger charge is 2.34. The molecule has 0 spiro atoms. The van der Waals surface area contributed by atoms with Gasteiger partial charge in [-0.3, -0.25) is 9.59 Å². The number of rotatable bonds is 5. The van der Waals surface area contributed by atoms with E-state index < -0.39 is 40.5 Å². The van der Waals surface area contributed by atoms with Gasteiger partial charge in [0.15, 0.2) is 0 Å². The van der Waals surface area contributed by atoms with Crippen LogP contribution in [0.3, 0.4) is 0 Å². The SMILES string of the molecule is CCc1c(OC)cccc1C(=O)N(NC(C)(C)C)C(=O)c1cc(F)cc(C(F)(F)F)c1. The Morgan fingerprint density at radius 3 is 2.23 bits per heavy atom. The molecule has 0 fully saturated rings. The van der Waals surface area contributed by atoms with Gasteiger partial charge >= 0.3 is 6.18 Å². The molecule has 0 saturated carbocycles. The molecule has 2 aromatic rings. The molecule has 0 unspecified atom stereocenters. The lowest BCUT2D eigenvalue weighted by molar-refractivity contribution is -0.137. The fourth-order valence-electron chi connectivity index (χ4n) is 2.98. The van der Waals surface area contributed by atoms with Crippen LogP contribution >= 0.6 is 0 Å². The van der Waals surface area contributed by atoms with E-state index in [2.05, 4.69) is 5.43 Å². The molecule has 2 aromatic carbocycles. The van der Waals surface area contributed by atoms with Crippen molar-refractivity contribution in [1.82, 2.24) is 10.4 Å². The third-order valence-electron chi connectivity index (χ3n) is 4.26. The van der Waals surface area contributed by atoms with Crippen LogP contribution in [-0.4, -0.2) is 29.5 Å². The number of amides is 2. The fourth-order valence-corrected chi connectivity index (χ4v) is 2.98. The van der Waals surface area contributed by atoms with Crippen molar-refractivity contribution in [2.24, 2.45) is 0 Å². The monoisotopic (exact) mass is 440 g/mol. The van der Waals surface area contributed by atoms with Crippen LogP contribution in [0.2, 0.25) is 0 Å². The van der Waals surface area contributed by atoms with Crippen molar-refractivity contribution >= 4 is 11.8 Å². The Balaban J connectivity index is 2.60. The molecule has 1 N–H and O–H groups in total. The predicted octanol–water partition coefficient (Wildman–Crippen LogP) is 5.00. The van der Waals surface area contributed by atoms with Gasteiger partial charge in [-0.15, -0.1) is 0 Å². The quantitative estimate of drug-likeness (QED) is 0.404. The lowest BCUT2D eigenvalue weighted by Gasteiger charge is -2.31. The summed E-state index contributed by atoms with van der Waals surface area (Å²) in [6, 6.07) is 6.17. The van der Waals surface area contributed by atoms with Gasteiger partial charge in [-0.25, -0.2) is 14.8 Å². The third-order valence-corrected chi connectivity index (χ3v) is 4.26. The molecule has 2 rings (SSSR count). The summed E-state index contributed by atoms with van der Waals surface area (Å²) in [5.41, 5.74) is 0.628. The first-order chi connectivity index (χ1) is 14.3. The van der Waals surface area contributed by atoms with E-state index in [0.717, 1.165) is 0 Å². The number of carbonyl (C=O) groups is 2. The van der Waals surface area contributed by atoms with Crippen molar-refractivity contribution in [3.63, 3.8) is 0 Å². The van der Waals surface area contributed by atoms with E-state index in [1.807, 2.05) is 0 Å². The Morgan fingerprint density at radius 2 is 1.71 bits per heavy atom. The molecule has 0 heterocycles. The molecule has 0 aliphatic heterocycles. The number of benzene rings is 2. The summed E-state index contributed by atoms with van der Waals surface area (Å²) in [5.74, 6) is -2.72. The Hall–Kier alpha value is -2.94. The van der Waals surface area contributed by atoms with Crippen LogP contribution in [-0.2, 0) is 12.6 Å². The molecule has 0 atom stereocenters. The van der Waals surface area contributed by atoms with Crippen LogP contribution in [0, 0.1) is 5.82 Å². The van der Waals surface area contributed by atoms with Gasteiger partial charge in [0, 0.05) is 22.2 Å². The molecule has 0 saturated heterocycles. The van der Waals surface area contributed by atoms with Gasteiger partial charge in [-0.2, -0.15) is 13.2 Å². The number of alkyl halides is 3. The van der Waals surface area contributed by atoms with Gasteiger partial charge in [0.25, 0.3) is 11.8 Å². The maximum atomic E-state index is 13.9. The largest absolute Gasteiger partial charge is 0.496 e. The Bertz CT molecular complexity index is 982. The Morgan fingerprint density at radius 1 is 1.06 bits per heavy atom. The molecular formula is C22H24F4N2O3. The van der Waals surface area contributed by atoms with Crippen molar-refractivity contribution < 1.29 is 31.9 Å². The first-order valence-electron chi connectivity index (χ1n) is 9.48. The van der Waals surface area contributed by atoms with Crippen LogP contribution in [0.5, 0.6) is 5.75 Å². The molecule has 0 bridgehead atoms. The highest BCUT2D eigenvalue weighted by molar-refractivity contribution is 6.10. The number of hydrogen-bond acceptors (Lipinski definition) is 4. The van der Waals surface area contributed by atoms with E-state index in [1.165, 1.54) is 13.2 Å². The number of nitrogens with one attached hydrogen (secondary N) is 1. The van der Waals surface area contributed by atoms with Crippen LogP contribution in [0.1, 0.15) is 59.5 Å². The molecule has 0 aliphatic carbocycles. The number of hydrogen-bond donors (Lipinski definition) is 1. The van der Waals surface area contributed by atoms with Gasteiger partial charge in [0.1, 0.15) is 11.6 Å². The summed E-state index contributed by atoms with van der Waals surface area (Å²) in [6.45, 7) is 6.79. The number of nitrogens with zero attached hydrogens (tertiary/aromatic N) is 1. The molecule has 0 aliphatic rings. The highest BCUT2D eigenvalue weighted by atomic mass is 19.4. The average molecular weight is 440 g/mol. The zero-order valence-corrected chi connectivity index (χ0v) is 17.9. The lowest BCUT2D eigenvalue weighted by Crippen LogP contribution is -2.55. The standard InChI is InChI=1S/C22H24F4N2O3/c1-6-16-17(8-7-9-18(16)31-5)20(30)28(27-21(2,3)4)19(29)13-10-14(22(24,25)26)12-15(23)11-13/h7-12,27H,6H2,1-5H3. The molecule has 0 radical (unpaired) electrons. The summed E-state index contributed by atoms with van der Waals surface area (Å²) in [4.78, 5) is 26.4. The number of imide groups is 1. The van der Waals surface area contributed by atoms with Gasteiger partial charge in [0.2, 0.25) is 0 Å². The second kappa shape index (κ2) is 9.05. The van der Waals surface area contributed by atoms with Crippen LogP contribution in [0.25, 0.3) is 0 Å². The second-order valence-electron chi connectivity index (χ2n) is 7.87. The minimum absolute atomic E-state index is 0.138. The van der Waals surface area contributed by atoms with Crippen molar-refractivity contribution in [3.05, 3.63) is 64.5 Å². The van der Waals surface area contributed by atoms with Crippen molar-refractivity contribution in [2.45, 2.75) is 45.8 Å². The van der Waals surface area contributed by atoms with Gasteiger partial charge < -0.3 is 4.74 Å². The maximum absolute atomic E-state index is 13.9. The first-order valence-corrected chi connectivity index (χ1v) is 9.48. The first kappa shape index (κ1) is 24.3. The number of hydrazine groups is 1. The van der Waals surface area contributed by atoms with Gasteiger partial charge in [-0.1, -0.05) is 13.0 Å².